The molecule has 3 aromatic rings. The molecule has 5 rings (SSSR count). The monoisotopic (exact) mass is 494 g/mol. The lowest BCUT2D eigenvalue weighted by Gasteiger charge is -2.21. The second-order valence-electron chi connectivity index (χ2n) is 8.63. The SMILES string of the molecule is Cc1cccn2c(=O)c(/C=C3\SC(=S)N(C4CCCC4)C3=O)c(NCCCn3ccnc3)nc12. The predicted octanol–water partition coefficient (Wildman–Crippen LogP) is 3.85. The van der Waals surface area contributed by atoms with Crippen molar-refractivity contribution in [1.82, 2.24) is 23.8 Å². The normalized spacial score (nSPS) is 18.0. The molecule has 2 aliphatic rings. The summed E-state index contributed by atoms with van der Waals surface area (Å²) in [6, 6.07) is 3.92. The molecule has 0 aromatic carbocycles. The quantitative estimate of drug-likeness (QED) is 0.303. The van der Waals surface area contributed by atoms with E-state index in [-0.39, 0.29) is 17.5 Å². The van der Waals surface area contributed by atoms with Crippen LogP contribution in [-0.4, -0.2) is 46.6 Å². The highest BCUT2D eigenvalue weighted by atomic mass is 32.2. The molecule has 0 radical (unpaired) electrons. The molecule has 0 spiro atoms. The van der Waals surface area contributed by atoms with Gasteiger partial charge < -0.3 is 9.88 Å². The van der Waals surface area contributed by atoms with E-state index in [0.717, 1.165) is 44.2 Å². The molecule has 1 amide bonds. The van der Waals surface area contributed by atoms with Gasteiger partial charge in [0.25, 0.3) is 11.5 Å². The maximum Gasteiger partial charge on any atom is 0.267 e. The highest BCUT2D eigenvalue weighted by molar-refractivity contribution is 8.26. The minimum atomic E-state index is -0.211. The number of carbonyl (C=O) groups is 1. The molecule has 8 nitrogen and oxygen atoms in total. The van der Waals surface area contributed by atoms with E-state index in [4.69, 9.17) is 17.2 Å². The Hall–Kier alpha value is -2.98. The summed E-state index contributed by atoms with van der Waals surface area (Å²) in [6.07, 6.45) is 13.8. The topological polar surface area (TPSA) is 84.5 Å². The van der Waals surface area contributed by atoms with Gasteiger partial charge >= 0.3 is 0 Å². The van der Waals surface area contributed by atoms with Crippen LogP contribution in [0.5, 0.6) is 0 Å². The summed E-state index contributed by atoms with van der Waals surface area (Å²) in [5.74, 6) is 0.373. The van der Waals surface area contributed by atoms with Crippen LogP contribution >= 0.6 is 24.0 Å². The number of amides is 1. The van der Waals surface area contributed by atoms with Gasteiger partial charge in [-0.15, -0.1) is 0 Å². The van der Waals surface area contributed by atoms with Gasteiger partial charge in [0.15, 0.2) is 0 Å². The summed E-state index contributed by atoms with van der Waals surface area (Å²) < 4.78 is 4.11. The Morgan fingerprint density at radius 1 is 1.26 bits per heavy atom. The first kappa shape index (κ1) is 22.8. The van der Waals surface area contributed by atoms with E-state index in [1.807, 2.05) is 29.8 Å². The fraction of sp³-hybridized carbons (Fsp3) is 0.375. The zero-order valence-electron chi connectivity index (χ0n) is 18.9. The fourth-order valence-corrected chi connectivity index (χ4v) is 5.93. The van der Waals surface area contributed by atoms with Crippen LogP contribution in [0.25, 0.3) is 11.7 Å². The maximum atomic E-state index is 13.5. The summed E-state index contributed by atoms with van der Waals surface area (Å²) >= 11 is 6.81. The van der Waals surface area contributed by atoms with Crippen LogP contribution < -0.4 is 10.9 Å². The number of carbonyl (C=O) groups excluding carboxylic acids is 1. The number of hydrogen-bond acceptors (Lipinski definition) is 7. The molecule has 4 heterocycles. The van der Waals surface area contributed by atoms with E-state index in [2.05, 4.69) is 10.3 Å². The fourth-order valence-electron chi connectivity index (χ4n) is 4.55. The number of imidazole rings is 1. The van der Waals surface area contributed by atoms with E-state index in [1.54, 1.807) is 29.7 Å². The highest BCUT2D eigenvalue weighted by Gasteiger charge is 2.38. The van der Waals surface area contributed by atoms with Crippen LogP contribution in [0.3, 0.4) is 0 Å². The Labute approximate surface area is 207 Å². The van der Waals surface area contributed by atoms with Crippen molar-refractivity contribution in [3.63, 3.8) is 0 Å². The Balaban J connectivity index is 1.48. The van der Waals surface area contributed by atoms with Gasteiger partial charge in [-0.1, -0.05) is 42.9 Å². The summed E-state index contributed by atoms with van der Waals surface area (Å²) in [4.78, 5) is 37.8. The number of rotatable bonds is 7. The average Bonchev–Trinajstić information content (AvgIpc) is 3.57. The van der Waals surface area contributed by atoms with Gasteiger partial charge in [0, 0.05) is 37.7 Å². The number of fused-ring (bicyclic) bond motifs is 1. The molecule has 3 aromatic heterocycles. The Kier molecular flexibility index (Phi) is 6.51. The summed E-state index contributed by atoms with van der Waals surface area (Å²) in [6.45, 7) is 3.35. The van der Waals surface area contributed by atoms with Crippen molar-refractivity contribution in [3.8, 4) is 0 Å². The summed E-state index contributed by atoms with van der Waals surface area (Å²) in [5.41, 5.74) is 1.66. The van der Waals surface area contributed by atoms with E-state index in [0.29, 0.717) is 32.8 Å². The van der Waals surface area contributed by atoms with E-state index >= 15 is 0 Å². The lowest BCUT2D eigenvalue weighted by atomic mass is 10.2. The van der Waals surface area contributed by atoms with E-state index in [1.165, 1.54) is 16.2 Å². The van der Waals surface area contributed by atoms with Crippen LogP contribution in [0.15, 0.2) is 46.8 Å². The van der Waals surface area contributed by atoms with Gasteiger partial charge in [-0.05, 0) is 43.9 Å². The molecule has 10 heteroatoms. The number of pyridine rings is 1. The lowest BCUT2D eigenvalue weighted by molar-refractivity contribution is -0.123. The number of anilines is 1. The molecule has 176 valence electrons. The molecule has 0 bridgehead atoms. The van der Waals surface area contributed by atoms with Gasteiger partial charge in [0.2, 0.25) is 0 Å². The van der Waals surface area contributed by atoms with Crippen LogP contribution in [0, 0.1) is 6.92 Å². The third kappa shape index (κ3) is 4.39. The first-order valence-corrected chi connectivity index (χ1v) is 12.7. The molecule has 2 fully saturated rings. The Bertz CT molecular complexity index is 1330. The minimum absolute atomic E-state index is 0.110. The zero-order chi connectivity index (χ0) is 23.7. The Morgan fingerprint density at radius 3 is 2.85 bits per heavy atom. The molecule has 1 N–H and O–H groups in total. The smallest absolute Gasteiger partial charge is 0.267 e. The van der Waals surface area contributed by atoms with Gasteiger partial charge in [-0.3, -0.25) is 18.9 Å². The van der Waals surface area contributed by atoms with Crippen LogP contribution in [0.4, 0.5) is 5.82 Å². The van der Waals surface area contributed by atoms with Gasteiger partial charge in [-0.2, -0.15) is 0 Å². The van der Waals surface area contributed by atoms with Crippen molar-refractivity contribution in [3.05, 3.63) is 63.4 Å². The van der Waals surface area contributed by atoms with Crippen molar-refractivity contribution >= 4 is 51.7 Å². The molecule has 1 aliphatic heterocycles. The van der Waals surface area contributed by atoms with E-state index < -0.39 is 0 Å². The largest absolute Gasteiger partial charge is 0.369 e. The lowest BCUT2D eigenvalue weighted by Crippen LogP contribution is -2.36. The first-order chi connectivity index (χ1) is 16.5. The number of aromatic nitrogens is 4. The summed E-state index contributed by atoms with van der Waals surface area (Å²) in [5, 5.41) is 3.33. The van der Waals surface area contributed by atoms with Crippen molar-refractivity contribution in [2.45, 2.75) is 51.6 Å². The number of thioether (sulfide) groups is 1. The van der Waals surface area contributed by atoms with Crippen LogP contribution in [0.1, 0.15) is 43.2 Å². The van der Waals surface area contributed by atoms with E-state index in [9.17, 15) is 9.59 Å². The van der Waals surface area contributed by atoms with Crippen molar-refractivity contribution in [2.75, 3.05) is 11.9 Å². The highest BCUT2D eigenvalue weighted by Crippen LogP contribution is 2.38. The predicted molar refractivity (Wildman–Crippen MR) is 139 cm³/mol. The minimum Gasteiger partial charge on any atom is -0.369 e. The molecule has 0 atom stereocenters. The molecular weight excluding hydrogens is 468 g/mol. The number of aryl methyl sites for hydroxylation is 2. The molecular formula is C24H26N6O2S2. The second-order valence-corrected chi connectivity index (χ2v) is 10.3. The molecule has 1 saturated heterocycles. The first-order valence-electron chi connectivity index (χ1n) is 11.5. The maximum absolute atomic E-state index is 13.5. The second kappa shape index (κ2) is 9.71. The van der Waals surface area contributed by atoms with Gasteiger partial charge in [-0.25, -0.2) is 9.97 Å². The average molecular weight is 495 g/mol. The van der Waals surface area contributed by atoms with Crippen LogP contribution in [0.2, 0.25) is 0 Å². The molecule has 34 heavy (non-hydrogen) atoms. The standard InChI is InChI=1S/C24H26N6O2S2/c1-16-6-4-12-29-21(16)27-20(26-9-5-11-28-13-10-25-15-28)18(22(29)31)14-19-23(32)30(24(33)34-19)17-7-2-3-8-17/h4,6,10,12-15,17,26H,2-3,5,7-9,11H2,1H3/b19-14-. The number of nitrogens with zero attached hydrogens (tertiary/aromatic N) is 5. The molecule has 0 unspecified atom stereocenters. The number of hydrogen-bond donors (Lipinski definition) is 1. The summed E-state index contributed by atoms with van der Waals surface area (Å²) in [7, 11) is 0. The van der Waals surface area contributed by atoms with Gasteiger partial charge in [0.05, 0.1) is 16.8 Å². The van der Waals surface area contributed by atoms with Crippen LogP contribution in [-0.2, 0) is 11.3 Å². The van der Waals surface area contributed by atoms with Crippen molar-refractivity contribution in [1.29, 1.82) is 0 Å². The van der Waals surface area contributed by atoms with Crippen molar-refractivity contribution in [2.24, 2.45) is 0 Å². The number of thiocarbonyl (C=S) groups is 1. The van der Waals surface area contributed by atoms with Gasteiger partial charge in [0.1, 0.15) is 15.8 Å². The molecule has 1 saturated carbocycles. The third-order valence-electron chi connectivity index (χ3n) is 6.32. The zero-order valence-corrected chi connectivity index (χ0v) is 20.6. The molecule has 1 aliphatic carbocycles. The Morgan fingerprint density at radius 2 is 2.09 bits per heavy atom. The third-order valence-corrected chi connectivity index (χ3v) is 7.65. The number of nitrogens with one attached hydrogen (secondary N) is 1. The van der Waals surface area contributed by atoms with Crippen molar-refractivity contribution < 1.29 is 4.79 Å².